The number of rotatable bonds is 14. The van der Waals surface area contributed by atoms with E-state index in [4.69, 9.17) is 5.53 Å². The summed E-state index contributed by atoms with van der Waals surface area (Å²) in [5.41, 5.74) is 7.82. The highest BCUT2D eigenvalue weighted by molar-refractivity contribution is 5.91. The van der Waals surface area contributed by atoms with Gasteiger partial charge in [0.2, 0.25) is 0 Å². The van der Waals surface area contributed by atoms with Crippen molar-refractivity contribution < 1.29 is 35.9 Å². The topological polar surface area (TPSA) is 121 Å². The minimum Gasteiger partial charge on any atom is -0.406 e. The number of allylic oxidation sites excluding steroid dienone is 1. The summed E-state index contributed by atoms with van der Waals surface area (Å²) in [4.78, 5) is 16.2. The van der Waals surface area contributed by atoms with Crippen LogP contribution in [0.1, 0.15) is 40.7 Å². The Balaban J connectivity index is 1.42. The predicted octanol–water partition coefficient (Wildman–Crippen LogP) is 5.35. The standard InChI is InChI=1S/C25H26F6N8O2/c1-24(27,28)18-7-8-20(33-13-18)14-34-23(40)22-16-39(37-35-22)11-9-19(26)15-38(36-32)10-3-5-17-4-2-6-21(12-17)41-25(29,30)31/h2-4,6-8,10,12-13,16,19,32H,5,9,11,14-15H2,1H3,(H,34,40)/b10-3+,36-32?. The summed E-state index contributed by atoms with van der Waals surface area (Å²) >= 11 is 0. The first-order valence-electron chi connectivity index (χ1n) is 12.1. The fraction of sp³-hybridized carbons (Fsp3) is 0.360. The molecule has 0 bridgehead atoms. The Morgan fingerprint density at radius 1 is 1.24 bits per heavy atom. The van der Waals surface area contributed by atoms with Crippen molar-refractivity contribution in [2.75, 3.05) is 6.54 Å². The lowest BCUT2D eigenvalue weighted by Gasteiger charge is -2.15. The van der Waals surface area contributed by atoms with Crippen molar-refractivity contribution in [2.24, 2.45) is 5.22 Å². The summed E-state index contributed by atoms with van der Waals surface area (Å²) in [5, 5.41) is 14.3. The molecule has 1 unspecified atom stereocenters. The fourth-order valence-electron chi connectivity index (χ4n) is 3.44. The molecule has 10 nitrogen and oxygen atoms in total. The summed E-state index contributed by atoms with van der Waals surface area (Å²) in [7, 11) is 0. The molecule has 0 fully saturated rings. The van der Waals surface area contributed by atoms with Crippen LogP contribution in [0.5, 0.6) is 5.75 Å². The molecule has 2 aromatic heterocycles. The number of aromatic nitrogens is 4. The van der Waals surface area contributed by atoms with Gasteiger partial charge in [-0.1, -0.05) is 28.6 Å². The Morgan fingerprint density at radius 3 is 2.68 bits per heavy atom. The predicted molar refractivity (Wildman–Crippen MR) is 132 cm³/mol. The largest absolute Gasteiger partial charge is 0.573 e. The molecule has 41 heavy (non-hydrogen) atoms. The first kappa shape index (κ1) is 31.0. The van der Waals surface area contributed by atoms with E-state index in [0.717, 1.165) is 18.1 Å². The van der Waals surface area contributed by atoms with Gasteiger partial charge in [-0.3, -0.25) is 19.5 Å². The Labute approximate surface area is 230 Å². The molecule has 3 aromatic rings. The van der Waals surface area contributed by atoms with Gasteiger partial charge in [-0.05, 0) is 36.2 Å². The van der Waals surface area contributed by atoms with E-state index < -0.39 is 24.4 Å². The van der Waals surface area contributed by atoms with Crippen LogP contribution >= 0.6 is 0 Å². The van der Waals surface area contributed by atoms with Crippen molar-refractivity contribution >= 4 is 5.91 Å². The molecule has 1 amide bonds. The Hall–Kier alpha value is -4.50. The second-order valence-electron chi connectivity index (χ2n) is 8.87. The lowest BCUT2D eigenvalue weighted by molar-refractivity contribution is -0.274. The fourth-order valence-corrected chi connectivity index (χ4v) is 3.44. The number of pyridine rings is 1. The van der Waals surface area contributed by atoms with Gasteiger partial charge in [0.1, 0.15) is 11.9 Å². The van der Waals surface area contributed by atoms with Crippen molar-refractivity contribution in [1.29, 1.82) is 5.53 Å². The molecule has 0 aliphatic carbocycles. The van der Waals surface area contributed by atoms with E-state index in [1.165, 1.54) is 53.5 Å². The van der Waals surface area contributed by atoms with Gasteiger partial charge in [0, 0.05) is 37.8 Å². The molecule has 220 valence electrons. The van der Waals surface area contributed by atoms with E-state index in [1.807, 2.05) is 0 Å². The number of benzene rings is 1. The number of hydrogen-bond donors (Lipinski definition) is 2. The molecular weight excluding hydrogens is 558 g/mol. The van der Waals surface area contributed by atoms with Crippen molar-refractivity contribution in [2.45, 2.75) is 51.3 Å². The van der Waals surface area contributed by atoms with Crippen LogP contribution in [-0.2, 0) is 25.4 Å². The Morgan fingerprint density at radius 2 is 2.02 bits per heavy atom. The van der Waals surface area contributed by atoms with Gasteiger partial charge in [0.05, 0.1) is 25.0 Å². The van der Waals surface area contributed by atoms with E-state index in [0.29, 0.717) is 11.3 Å². The summed E-state index contributed by atoms with van der Waals surface area (Å²) in [6.45, 7) is 0.526. The minimum atomic E-state index is -4.81. The average molecular weight is 585 g/mol. The van der Waals surface area contributed by atoms with Gasteiger partial charge >= 0.3 is 6.36 Å². The van der Waals surface area contributed by atoms with Crippen LogP contribution in [0, 0.1) is 5.53 Å². The van der Waals surface area contributed by atoms with E-state index in [1.54, 1.807) is 6.07 Å². The first-order chi connectivity index (χ1) is 19.3. The van der Waals surface area contributed by atoms with Crippen LogP contribution in [0.15, 0.2) is 66.3 Å². The maximum atomic E-state index is 14.5. The van der Waals surface area contributed by atoms with Crippen molar-refractivity contribution in [3.05, 3.63) is 83.6 Å². The van der Waals surface area contributed by atoms with Crippen LogP contribution in [0.25, 0.3) is 0 Å². The van der Waals surface area contributed by atoms with Crippen LogP contribution in [0.4, 0.5) is 26.3 Å². The van der Waals surface area contributed by atoms with Crippen molar-refractivity contribution in [1.82, 2.24) is 30.3 Å². The number of ether oxygens (including phenoxy) is 1. The molecule has 1 aromatic carbocycles. The second kappa shape index (κ2) is 13.7. The smallest absolute Gasteiger partial charge is 0.406 e. The summed E-state index contributed by atoms with van der Waals surface area (Å²) in [5.74, 6) is -3.97. The van der Waals surface area contributed by atoms with Crippen molar-refractivity contribution in [3.8, 4) is 5.75 Å². The molecule has 2 N–H and O–H groups in total. The molecule has 0 saturated carbocycles. The number of carbonyl (C=O) groups excluding carboxylic acids is 1. The maximum absolute atomic E-state index is 14.5. The quantitative estimate of drug-likeness (QED) is 0.150. The van der Waals surface area contributed by atoms with E-state index in [9.17, 15) is 31.1 Å². The number of nitrogens with zero attached hydrogens (tertiary/aromatic N) is 6. The van der Waals surface area contributed by atoms with E-state index in [-0.39, 0.29) is 49.5 Å². The highest BCUT2D eigenvalue weighted by atomic mass is 19.4. The highest BCUT2D eigenvalue weighted by Crippen LogP contribution is 2.26. The molecule has 0 spiro atoms. The van der Waals surface area contributed by atoms with E-state index >= 15 is 0 Å². The van der Waals surface area contributed by atoms with Crippen LogP contribution in [0.3, 0.4) is 0 Å². The monoisotopic (exact) mass is 584 g/mol. The number of aryl methyl sites for hydroxylation is 1. The molecule has 1 atom stereocenters. The molecular formula is C25H26F6N8O2. The molecule has 0 radical (unpaired) electrons. The number of nitrogens with one attached hydrogen (secondary N) is 2. The normalized spacial score (nSPS) is 12.8. The zero-order valence-electron chi connectivity index (χ0n) is 21.7. The zero-order chi connectivity index (χ0) is 30.0. The van der Waals surface area contributed by atoms with E-state index in [2.05, 4.69) is 30.6 Å². The van der Waals surface area contributed by atoms with Gasteiger partial charge in [-0.15, -0.1) is 18.3 Å². The average Bonchev–Trinajstić information content (AvgIpc) is 3.38. The third-order valence-electron chi connectivity index (χ3n) is 5.48. The van der Waals surface area contributed by atoms with Gasteiger partial charge in [0.25, 0.3) is 11.8 Å². The van der Waals surface area contributed by atoms with Gasteiger partial charge in [-0.2, -0.15) is 5.53 Å². The number of alkyl halides is 6. The van der Waals surface area contributed by atoms with Crippen LogP contribution < -0.4 is 10.1 Å². The lowest BCUT2D eigenvalue weighted by Crippen LogP contribution is -2.24. The molecule has 0 saturated heterocycles. The van der Waals surface area contributed by atoms with Gasteiger partial charge in [0.15, 0.2) is 5.69 Å². The first-order valence-corrected chi connectivity index (χ1v) is 12.1. The zero-order valence-corrected chi connectivity index (χ0v) is 21.7. The Bertz CT molecular complexity index is 1320. The van der Waals surface area contributed by atoms with Crippen LogP contribution in [0.2, 0.25) is 0 Å². The highest BCUT2D eigenvalue weighted by Gasteiger charge is 2.31. The number of carbonyl (C=O) groups is 1. The molecule has 3 rings (SSSR count). The number of hydrogen-bond acceptors (Lipinski definition) is 7. The lowest BCUT2D eigenvalue weighted by atomic mass is 10.1. The summed E-state index contributed by atoms with van der Waals surface area (Å²) in [6, 6.07) is 7.97. The molecule has 16 heteroatoms. The van der Waals surface area contributed by atoms with Gasteiger partial charge < -0.3 is 10.1 Å². The number of halogens is 6. The third-order valence-corrected chi connectivity index (χ3v) is 5.48. The second-order valence-corrected chi connectivity index (χ2v) is 8.87. The maximum Gasteiger partial charge on any atom is 0.573 e. The summed E-state index contributed by atoms with van der Waals surface area (Å²) in [6.07, 6.45) is -0.892. The third kappa shape index (κ3) is 10.5. The number of amides is 1. The molecule has 2 heterocycles. The molecule has 0 aliphatic rings. The van der Waals surface area contributed by atoms with Crippen LogP contribution in [-0.4, -0.2) is 50.0 Å². The van der Waals surface area contributed by atoms with Crippen molar-refractivity contribution in [3.63, 3.8) is 0 Å². The summed E-state index contributed by atoms with van der Waals surface area (Å²) < 4.78 is 83.3. The minimum absolute atomic E-state index is 0.0272. The molecule has 0 aliphatic heterocycles. The Kier molecular flexibility index (Phi) is 10.4. The van der Waals surface area contributed by atoms with Gasteiger partial charge in [-0.25, -0.2) is 13.2 Å². The SMILES string of the molecule is CC(F)(F)c1ccc(CNC(=O)c2cn(CCC(F)CN(/C=C/Cc3cccc(OC(F)(F)F)c3)N=N)nn2)nc1.